The maximum Gasteiger partial charge on any atom is 0.264 e. The minimum absolute atomic E-state index is 0.00451. The van der Waals surface area contributed by atoms with Crippen molar-refractivity contribution >= 4 is 29.8 Å². The molecule has 0 aliphatic rings. The van der Waals surface area contributed by atoms with E-state index in [2.05, 4.69) is 4.72 Å². The van der Waals surface area contributed by atoms with Crippen molar-refractivity contribution in [2.24, 2.45) is 0 Å². The third-order valence-electron chi connectivity index (χ3n) is 2.75. The summed E-state index contributed by atoms with van der Waals surface area (Å²) in [5, 5.41) is 0. The molecule has 0 aliphatic heterocycles. The number of benzene rings is 1. The number of unbranched alkanes of at least 4 members (excludes halogenated alkanes) is 1. The Hall–Kier alpha value is -0.830. The lowest BCUT2D eigenvalue weighted by atomic mass is 10.2. The second-order valence-corrected chi connectivity index (χ2v) is 8.88. The van der Waals surface area contributed by atoms with E-state index >= 15 is 0 Å². The lowest BCUT2D eigenvalue weighted by molar-refractivity contribution is 0.403. The summed E-state index contributed by atoms with van der Waals surface area (Å²) in [5.74, 6) is 0.155. The van der Waals surface area contributed by atoms with Crippen LogP contribution in [0, 0.1) is 0 Å². The van der Waals surface area contributed by atoms with Gasteiger partial charge in [0.1, 0.15) is 10.6 Å². The normalized spacial score (nSPS) is 12.3. The zero-order valence-corrected chi connectivity index (χ0v) is 14.2. The van der Waals surface area contributed by atoms with Gasteiger partial charge >= 0.3 is 0 Å². The van der Waals surface area contributed by atoms with E-state index in [1.165, 1.54) is 19.2 Å². The van der Waals surface area contributed by atoms with E-state index in [0.29, 0.717) is 12.0 Å². The number of sulfonamides is 1. The second kappa shape index (κ2) is 7.44. The van der Waals surface area contributed by atoms with E-state index in [9.17, 15) is 16.8 Å². The molecule has 120 valence electrons. The van der Waals surface area contributed by atoms with Gasteiger partial charge in [0.05, 0.1) is 12.9 Å². The first kappa shape index (κ1) is 18.2. The van der Waals surface area contributed by atoms with Crippen LogP contribution in [0.4, 0.5) is 0 Å². The number of hydrogen-bond acceptors (Lipinski definition) is 5. The summed E-state index contributed by atoms with van der Waals surface area (Å²) in [4.78, 5) is -0.183. The molecular formula is C12H18ClNO5S2. The van der Waals surface area contributed by atoms with Crippen LogP contribution in [0.3, 0.4) is 0 Å². The fourth-order valence-electron chi connectivity index (χ4n) is 1.62. The molecule has 1 aromatic carbocycles. The molecule has 0 saturated heterocycles. The molecule has 0 atom stereocenters. The number of halogens is 1. The van der Waals surface area contributed by atoms with E-state index in [4.69, 9.17) is 15.4 Å². The molecule has 0 spiro atoms. The highest BCUT2D eigenvalue weighted by Crippen LogP contribution is 2.27. The Morgan fingerprint density at radius 3 is 2.43 bits per heavy atom. The van der Waals surface area contributed by atoms with Crippen LogP contribution in [0.1, 0.15) is 25.3 Å². The van der Waals surface area contributed by atoms with Crippen LogP contribution >= 0.6 is 10.7 Å². The summed E-state index contributed by atoms with van der Waals surface area (Å²) in [6.45, 7) is 1.89. The Morgan fingerprint density at radius 2 is 1.90 bits per heavy atom. The molecule has 0 aromatic heterocycles. The van der Waals surface area contributed by atoms with Gasteiger partial charge < -0.3 is 4.74 Å². The topological polar surface area (TPSA) is 89.5 Å². The summed E-state index contributed by atoms with van der Waals surface area (Å²) in [6, 6.07) is 4.31. The number of nitrogens with one attached hydrogen (secondary N) is 1. The van der Waals surface area contributed by atoms with Crippen molar-refractivity contribution < 1.29 is 21.6 Å². The average Bonchev–Trinajstić information content (AvgIpc) is 2.42. The molecule has 1 N–H and O–H groups in total. The van der Waals surface area contributed by atoms with Crippen LogP contribution in [-0.2, 0) is 25.6 Å². The SMILES string of the molecule is CCCCS(=O)(=O)NCc1ccc(OC)c(S(=O)(=O)Cl)c1. The van der Waals surface area contributed by atoms with Crippen molar-refractivity contribution in [3.05, 3.63) is 23.8 Å². The zero-order valence-electron chi connectivity index (χ0n) is 11.8. The van der Waals surface area contributed by atoms with Crippen LogP contribution in [-0.4, -0.2) is 29.7 Å². The molecule has 0 saturated carbocycles. The van der Waals surface area contributed by atoms with Crippen LogP contribution in [0.15, 0.2) is 23.1 Å². The molecular weight excluding hydrogens is 338 g/mol. The van der Waals surface area contributed by atoms with Crippen LogP contribution in [0.25, 0.3) is 0 Å². The molecule has 1 rings (SSSR count). The number of methoxy groups -OCH3 is 1. The molecule has 0 heterocycles. The highest BCUT2D eigenvalue weighted by Gasteiger charge is 2.18. The maximum absolute atomic E-state index is 11.7. The van der Waals surface area contributed by atoms with Gasteiger partial charge in [-0.05, 0) is 24.1 Å². The lowest BCUT2D eigenvalue weighted by Gasteiger charge is -2.10. The van der Waals surface area contributed by atoms with Crippen molar-refractivity contribution in [2.45, 2.75) is 31.2 Å². The molecule has 0 fully saturated rings. The Bertz CT molecular complexity index is 686. The summed E-state index contributed by atoms with van der Waals surface area (Å²) >= 11 is 0. The second-order valence-electron chi connectivity index (χ2n) is 4.42. The van der Waals surface area contributed by atoms with Crippen molar-refractivity contribution in [1.82, 2.24) is 4.72 Å². The van der Waals surface area contributed by atoms with Crippen molar-refractivity contribution in [1.29, 1.82) is 0 Å². The number of hydrogen-bond donors (Lipinski definition) is 1. The van der Waals surface area contributed by atoms with Gasteiger partial charge in [0.15, 0.2) is 0 Å². The van der Waals surface area contributed by atoms with E-state index in [1.54, 1.807) is 6.07 Å². The Balaban J connectivity index is 2.92. The Morgan fingerprint density at radius 1 is 1.24 bits per heavy atom. The molecule has 1 aromatic rings. The van der Waals surface area contributed by atoms with Crippen LogP contribution in [0.2, 0.25) is 0 Å². The molecule has 21 heavy (non-hydrogen) atoms. The molecule has 0 aliphatic carbocycles. The molecule has 6 nitrogen and oxygen atoms in total. The monoisotopic (exact) mass is 355 g/mol. The zero-order chi connectivity index (χ0) is 16.1. The van der Waals surface area contributed by atoms with Gasteiger partial charge in [-0.25, -0.2) is 21.6 Å². The third-order valence-corrected chi connectivity index (χ3v) is 5.51. The van der Waals surface area contributed by atoms with Crippen molar-refractivity contribution in [3.63, 3.8) is 0 Å². The Kier molecular flexibility index (Phi) is 6.45. The minimum Gasteiger partial charge on any atom is -0.495 e. The van der Waals surface area contributed by atoms with Gasteiger partial charge in [0.25, 0.3) is 9.05 Å². The molecule has 0 radical (unpaired) electrons. The predicted molar refractivity (Wildman–Crippen MR) is 81.6 cm³/mol. The summed E-state index contributed by atoms with van der Waals surface area (Å²) in [7, 11) is -0.682. The van der Waals surface area contributed by atoms with Crippen molar-refractivity contribution in [3.8, 4) is 5.75 Å². The highest BCUT2D eigenvalue weighted by molar-refractivity contribution is 8.13. The molecule has 0 unspecified atom stereocenters. The third kappa shape index (κ3) is 5.82. The van der Waals surface area contributed by atoms with Crippen LogP contribution < -0.4 is 9.46 Å². The molecule has 9 heteroatoms. The van der Waals surface area contributed by atoms with E-state index < -0.39 is 19.1 Å². The van der Waals surface area contributed by atoms with Gasteiger partial charge in [-0.1, -0.05) is 19.4 Å². The van der Waals surface area contributed by atoms with Gasteiger partial charge in [-0.2, -0.15) is 0 Å². The highest BCUT2D eigenvalue weighted by atomic mass is 35.7. The van der Waals surface area contributed by atoms with Crippen molar-refractivity contribution in [2.75, 3.05) is 12.9 Å². The van der Waals surface area contributed by atoms with Gasteiger partial charge in [-0.15, -0.1) is 0 Å². The first-order valence-corrected chi connectivity index (χ1v) is 10.2. The molecule has 0 bridgehead atoms. The number of ether oxygens (including phenoxy) is 1. The van der Waals surface area contributed by atoms with Gasteiger partial charge in [0, 0.05) is 17.2 Å². The maximum atomic E-state index is 11.7. The quantitative estimate of drug-likeness (QED) is 0.719. The first-order chi connectivity index (χ1) is 9.69. The fourth-order valence-corrected chi connectivity index (χ4v) is 3.87. The van der Waals surface area contributed by atoms with Gasteiger partial charge in [-0.3, -0.25) is 0 Å². The summed E-state index contributed by atoms with van der Waals surface area (Å²) < 4.78 is 53.6. The van der Waals surface area contributed by atoms with E-state index in [1.807, 2.05) is 6.92 Å². The average molecular weight is 356 g/mol. The smallest absolute Gasteiger partial charge is 0.264 e. The standard InChI is InChI=1S/C12H18ClNO5S2/c1-3-4-7-20(15,16)14-9-10-5-6-11(19-2)12(8-10)21(13,17)18/h5-6,8,14H,3-4,7,9H2,1-2H3. The van der Waals surface area contributed by atoms with Crippen LogP contribution in [0.5, 0.6) is 5.75 Å². The van der Waals surface area contributed by atoms with Gasteiger partial charge in [0.2, 0.25) is 10.0 Å². The first-order valence-electron chi connectivity index (χ1n) is 6.28. The summed E-state index contributed by atoms with van der Waals surface area (Å²) in [5.41, 5.74) is 0.482. The molecule has 0 amide bonds. The predicted octanol–water partition coefficient (Wildman–Crippen LogP) is 1.84. The van der Waals surface area contributed by atoms with E-state index in [-0.39, 0.29) is 22.9 Å². The summed E-state index contributed by atoms with van der Waals surface area (Å²) in [6.07, 6.45) is 1.34. The Labute approximate surface area is 129 Å². The minimum atomic E-state index is -3.97. The largest absolute Gasteiger partial charge is 0.495 e. The lowest BCUT2D eigenvalue weighted by Crippen LogP contribution is -2.25. The fraction of sp³-hybridized carbons (Fsp3) is 0.500. The van der Waals surface area contributed by atoms with E-state index in [0.717, 1.165) is 6.42 Å². The number of rotatable bonds is 8.